The monoisotopic (exact) mass is 559 g/mol. The molecule has 196 valence electrons. The summed E-state index contributed by atoms with van der Waals surface area (Å²) in [4.78, 5) is 2.83. The molecule has 3 aliphatic rings. The first-order chi connectivity index (χ1) is 20.2. The zero-order valence-corrected chi connectivity index (χ0v) is 25.0. The second kappa shape index (κ2) is 8.88. The number of rotatable bonds is 2. The fraction of sp³-hybridized carbons (Fsp3) is 0.135. The van der Waals surface area contributed by atoms with Gasteiger partial charge in [0.25, 0.3) is 0 Å². The van der Waals surface area contributed by atoms with Crippen LogP contribution in [-0.4, -0.2) is 19.4 Å². The summed E-state index contributed by atoms with van der Waals surface area (Å²) >= 11 is 1.97. The van der Waals surface area contributed by atoms with E-state index in [1.54, 1.807) is 21.4 Å². The van der Waals surface area contributed by atoms with Gasteiger partial charge in [0.1, 0.15) is 8.07 Å². The first kappa shape index (κ1) is 23.9. The lowest BCUT2D eigenvalue weighted by atomic mass is 9.36. The molecule has 4 heteroatoms. The van der Waals surface area contributed by atoms with E-state index in [1.807, 2.05) is 11.8 Å². The van der Waals surface area contributed by atoms with Gasteiger partial charge in [0.05, 0.1) is 5.52 Å². The first-order valence-electron chi connectivity index (χ1n) is 14.9. The number of benzene rings is 5. The zero-order valence-electron chi connectivity index (χ0n) is 23.2. The third-order valence-corrected chi connectivity index (χ3v) is 15.7. The molecular formula is C37H30BNSSi. The summed E-state index contributed by atoms with van der Waals surface area (Å²) in [6.45, 7) is 2.83. The molecule has 5 aromatic carbocycles. The van der Waals surface area contributed by atoms with Crippen molar-refractivity contribution in [2.45, 2.75) is 42.0 Å². The largest absolute Gasteiger partial charge is 0.313 e. The highest BCUT2D eigenvalue weighted by Crippen LogP contribution is 2.36. The van der Waals surface area contributed by atoms with Crippen molar-refractivity contribution in [3.8, 4) is 5.69 Å². The number of fused-ring (bicyclic) bond motifs is 7. The van der Waals surface area contributed by atoms with Crippen molar-refractivity contribution < 1.29 is 0 Å². The summed E-state index contributed by atoms with van der Waals surface area (Å²) < 4.78 is 2.59. The van der Waals surface area contributed by atoms with Gasteiger partial charge in [-0.2, -0.15) is 0 Å². The van der Waals surface area contributed by atoms with Crippen LogP contribution in [0.25, 0.3) is 16.6 Å². The van der Waals surface area contributed by atoms with Gasteiger partial charge >= 0.3 is 0 Å². The minimum Gasteiger partial charge on any atom is -0.313 e. The number of aryl methyl sites for hydroxylation is 1. The number of nitrogens with zero attached hydrogens (tertiary/aromatic N) is 1. The molecule has 0 radical (unpaired) electrons. The molecule has 41 heavy (non-hydrogen) atoms. The van der Waals surface area contributed by atoms with Crippen molar-refractivity contribution in [2.75, 3.05) is 0 Å². The maximum Gasteiger partial charge on any atom is 0.244 e. The molecule has 0 spiro atoms. The van der Waals surface area contributed by atoms with Crippen molar-refractivity contribution in [1.82, 2.24) is 4.57 Å². The Labute approximate surface area is 247 Å². The van der Waals surface area contributed by atoms with E-state index >= 15 is 0 Å². The van der Waals surface area contributed by atoms with Gasteiger partial charge in [0, 0.05) is 26.6 Å². The molecule has 1 atom stereocenters. The van der Waals surface area contributed by atoms with E-state index in [0.717, 1.165) is 6.42 Å². The molecule has 3 heterocycles. The van der Waals surface area contributed by atoms with Gasteiger partial charge in [0.15, 0.2) is 0 Å². The molecule has 0 fully saturated rings. The second-order valence-electron chi connectivity index (χ2n) is 12.0. The third-order valence-electron chi connectivity index (χ3n) is 10.0. The summed E-state index contributed by atoms with van der Waals surface area (Å²) in [5.41, 5.74) is 10.3. The normalized spacial score (nSPS) is 18.4. The second-order valence-corrected chi connectivity index (χ2v) is 17.0. The van der Waals surface area contributed by atoms with Crippen LogP contribution in [0.3, 0.4) is 0 Å². The number of aromatic nitrogens is 1. The molecule has 0 saturated heterocycles. The van der Waals surface area contributed by atoms with E-state index < -0.39 is 8.07 Å². The molecule has 0 amide bonds. The summed E-state index contributed by atoms with van der Waals surface area (Å²) in [7, 11) is -2.17. The summed E-state index contributed by atoms with van der Waals surface area (Å²) in [5, 5.41) is 6.08. The van der Waals surface area contributed by atoms with Gasteiger partial charge in [-0.1, -0.05) is 130 Å². The molecule has 1 aliphatic carbocycles. The van der Waals surface area contributed by atoms with Gasteiger partial charge in [-0.05, 0) is 66.8 Å². The predicted molar refractivity (Wildman–Crippen MR) is 179 cm³/mol. The Morgan fingerprint density at radius 2 is 1.46 bits per heavy atom. The quantitative estimate of drug-likeness (QED) is 0.273. The predicted octanol–water partition coefficient (Wildman–Crippen LogP) is 4.90. The highest BCUT2D eigenvalue weighted by Gasteiger charge is 2.48. The average molecular weight is 560 g/mol. The van der Waals surface area contributed by atoms with E-state index in [0.29, 0.717) is 0 Å². The Morgan fingerprint density at radius 1 is 0.683 bits per heavy atom. The van der Waals surface area contributed by atoms with Gasteiger partial charge in [-0.25, -0.2) is 0 Å². The van der Waals surface area contributed by atoms with E-state index in [9.17, 15) is 0 Å². The zero-order chi connectivity index (χ0) is 27.1. The molecule has 1 nitrogen and oxygen atoms in total. The lowest BCUT2D eigenvalue weighted by molar-refractivity contribution is 0.667. The fourth-order valence-electron chi connectivity index (χ4n) is 8.18. The molecule has 1 aromatic heterocycles. The van der Waals surface area contributed by atoms with Crippen LogP contribution in [-0.2, 0) is 12.8 Å². The van der Waals surface area contributed by atoms with Crippen molar-refractivity contribution in [1.29, 1.82) is 0 Å². The SMILES string of the molecule is C[Si]1(c2ccccc2)c2ccccc2B2c3cc(-n4c5c(c6ccccc64)CCCC5)ccc3Sc3cccc1c32. The third kappa shape index (κ3) is 3.26. The standard InChI is InChI=1S/C37H30BNSSi/c1-41(26-12-3-2-4-13-26)35-20-10-7-16-29(35)38-30-24-25(22-23-33(30)40-34-19-11-21-36(41)37(34)38)39-31-17-8-5-14-27(31)28-15-6-9-18-32(28)39/h2-5,7-8,10-14,16-17,19-24H,6,9,15,18H2,1H3. The summed E-state index contributed by atoms with van der Waals surface area (Å²) in [6, 6.07) is 44.2. The fourth-order valence-corrected chi connectivity index (χ4v) is 13.7. The van der Waals surface area contributed by atoms with Crippen LogP contribution in [0.5, 0.6) is 0 Å². The lowest BCUT2D eigenvalue weighted by Crippen LogP contribution is -2.82. The van der Waals surface area contributed by atoms with Crippen molar-refractivity contribution in [3.05, 3.63) is 127 Å². The molecule has 1 unspecified atom stereocenters. The smallest absolute Gasteiger partial charge is 0.244 e. The Bertz CT molecular complexity index is 2010. The van der Waals surface area contributed by atoms with E-state index in [1.165, 1.54) is 67.5 Å². The van der Waals surface area contributed by atoms with Crippen LogP contribution in [0.15, 0.2) is 125 Å². The van der Waals surface area contributed by atoms with Crippen LogP contribution < -0.4 is 31.9 Å². The Morgan fingerprint density at radius 3 is 2.39 bits per heavy atom. The Hall–Kier alpha value is -3.73. The van der Waals surface area contributed by atoms with Gasteiger partial charge < -0.3 is 4.57 Å². The van der Waals surface area contributed by atoms with Crippen LogP contribution >= 0.6 is 11.8 Å². The minimum absolute atomic E-state index is 0.260. The van der Waals surface area contributed by atoms with Crippen LogP contribution in [0.1, 0.15) is 24.1 Å². The molecule has 6 aromatic rings. The van der Waals surface area contributed by atoms with Gasteiger partial charge in [-0.3, -0.25) is 0 Å². The highest BCUT2D eigenvalue weighted by molar-refractivity contribution is 8.00. The van der Waals surface area contributed by atoms with Crippen LogP contribution in [0.2, 0.25) is 6.55 Å². The lowest BCUT2D eigenvalue weighted by Gasteiger charge is -2.42. The van der Waals surface area contributed by atoms with E-state index in [2.05, 4.69) is 126 Å². The summed E-state index contributed by atoms with van der Waals surface area (Å²) in [5.74, 6) is 0. The molecule has 9 rings (SSSR count). The molecule has 0 N–H and O–H groups in total. The minimum atomic E-state index is -2.17. The number of hydrogen-bond donors (Lipinski definition) is 0. The first-order valence-corrected chi connectivity index (χ1v) is 18.3. The topological polar surface area (TPSA) is 4.93 Å². The molecule has 2 aliphatic heterocycles. The Balaban J connectivity index is 1.31. The molecule has 0 bridgehead atoms. The highest BCUT2D eigenvalue weighted by atomic mass is 32.2. The number of hydrogen-bond acceptors (Lipinski definition) is 1. The average Bonchev–Trinajstić information content (AvgIpc) is 3.37. The molecular weight excluding hydrogens is 529 g/mol. The van der Waals surface area contributed by atoms with E-state index in [4.69, 9.17) is 0 Å². The molecule has 0 saturated carbocycles. The summed E-state index contributed by atoms with van der Waals surface area (Å²) in [6.07, 6.45) is 4.93. The maximum absolute atomic E-state index is 2.59. The maximum atomic E-state index is 2.59. The van der Waals surface area contributed by atoms with Crippen LogP contribution in [0, 0.1) is 0 Å². The van der Waals surface area contributed by atoms with Gasteiger partial charge in [-0.15, -0.1) is 0 Å². The van der Waals surface area contributed by atoms with E-state index in [-0.39, 0.29) is 6.71 Å². The van der Waals surface area contributed by atoms with Crippen LogP contribution in [0.4, 0.5) is 0 Å². The van der Waals surface area contributed by atoms with Gasteiger partial charge in [0.2, 0.25) is 6.71 Å². The van der Waals surface area contributed by atoms with Crippen molar-refractivity contribution in [2.24, 2.45) is 0 Å². The van der Waals surface area contributed by atoms with Crippen molar-refractivity contribution >= 4 is 69.4 Å². The van der Waals surface area contributed by atoms with Crippen molar-refractivity contribution in [3.63, 3.8) is 0 Å². The Kier molecular flexibility index (Phi) is 5.18. The number of para-hydroxylation sites is 1.